The van der Waals surface area contributed by atoms with Crippen LogP contribution in [0.1, 0.15) is 52.0 Å². The van der Waals surface area contributed by atoms with Crippen molar-refractivity contribution in [3.8, 4) is 0 Å². The van der Waals surface area contributed by atoms with E-state index in [1.165, 1.54) is 12.8 Å². The molecule has 1 aliphatic carbocycles. The number of ether oxygens (including phenoxy) is 1. The van der Waals surface area contributed by atoms with E-state index in [-0.39, 0.29) is 12.1 Å². The molecule has 1 aromatic heterocycles. The number of hydrogen-bond acceptors (Lipinski definition) is 4. The molecular formula is C22H34ClN5O2. The fraction of sp³-hybridized carbons (Fsp3) is 0.682. The monoisotopic (exact) mass is 435 g/mol. The van der Waals surface area contributed by atoms with Crippen molar-refractivity contribution in [1.29, 1.82) is 0 Å². The Morgan fingerprint density at radius 1 is 1.30 bits per heavy atom. The summed E-state index contributed by atoms with van der Waals surface area (Å²) in [6.07, 6.45) is 5.85. The highest BCUT2D eigenvalue weighted by molar-refractivity contribution is 6.29. The summed E-state index contributed by atoms with van der Waals surface area (Å²) in [4.78, 5) is 25.6. The first-order chi connectivity index (χ1) is 14.2. The summed E-state index contributed by atoms with van der Waals surface area (Å²) >= 11 is 5.86. The quantitative estimate of drug-likeness (QED) is 0.431. The predicted molar refractivity (Wildman–Crippen MR) is 120 cm³/mol. The van der Waals surface area contributed by atoms with Crippen molar-refractivity contribution in [3.05, 3.63) is 29.0 Å². The summed E-state index contributed by atoms with van der Waals surface area (Å²) < 4.78 is 5.70. The SMILES string of the molecule is CN=C(NCc1ccc(Cl)nc1)N1CCC(N(CC2CC2)C(=O)OC(C)(C)C)CC1. The lowest BCUT2D eigenvalue weighted by molar-refractivity contribution is 0.00928. The van der Waals surface area contributed by atoms with E-state index in [1.54, 1.807) is 19.3 Å². The molecule has 1 N–H and O–H groups in total. The van der Waals surface area contributed by atoms with Crippen molar-refractivity contribution in [2.45, 2.75) is 64.6 Å². The molecule has 1 saturated carbocycles. The second-order valence-corrected chi connectivity index (χ2v) is 9.57. The number of aromatic nitrogens is 1. The Morgan fingerprint density at radius 2 is 2.00 bits per heavy atom. The molecule has 1 saturated heterocycles. The van der Waals surface area contributed by atoms with Crippen molar-refractivity contribution in [2.24, 2.45) is 10.9 Å². The molecule has 2 heterocycles. The van der Waals surface area contributed by atoms with Gasteiger partial charge < -0.3 is 19.9 Å². The second kappa shape index (κ2) is 9.86. The molecule has 1 aliphatic heterocycles. The van der Waals surface area contributed by atoms with Gasteiger partial charge in [-0.05, 0) is 64.0 Å². The average Bonchev–Trinajstić information content (AvgIpc) is 3.51. The van der Waals surface area contributed by atoms with Crippen molar-refractivity contribution in [1.82, 2.24) is 20.1 Å². The highest BCUT2D eigenvalue weighted by atomic mass is 35.5. The van der Waals surface area contributed by atoms with Gasteiger partial charge in [-0.2, -0.15) is 0 Å². The number of hydrogen-bond donors (Lipinski definition) is 1. The Morgan fingerprint density at radius 3 is 2.53 bits per heavy atom. The van der Waals surface area contributed by atoms with Crippen LogP contribution in [0.5, 0.6) is 0 Å². The summed E-state index contributed by atoms with van der Waals surface area (Å²) in [6.45, 7) is 8.94. The van der Waals surface area contributed by atoms with Crippen LogP contribution in [-0.4, -0.2) is 65.2 Å². The molecule has 7 nitrogen and oxygen atoms in total. The van der Waals surface area contributed by atoms with Crippen molar-refractivity contribution in [3.63, 3.8) is 0 Å². The Balaban J connectivity index is 1.54. The van der Waals surface area contributed by atoms with Crippen molar-refractivity contribution >= 4 is 23.7 Å². The molecule has 0 radical (unpaired) electrons. The van der Waals surface area contributed by atoms with Crippen molar-refractivity contribution < 1.29 is 9.53 Å². The molecule has 0 bridgehead atoms. The Bertz CT molecular complexity index is 735. The van der Waals surface area contributed by atoms with Crippen LogP contribution in [0, 0.1) is 5.92 Å². The van der Waals surface area contributed by atoms with Crippen LogP contribution < -0.4 is 5.32 Å². The maximum atomic E-state index is 12.8. The van der Waals surface area contributed by atoms with Gasteiger partial charge in [-0.1, -0.05) is 17.7 Å². The highest BCUT2D eigenvalue weighted by Gasteiger charge is 2.35. The van der Waals surface area contributed by atoms with Gasteiger partial charge in [0.15, 0.2) is 5.96 Å². The minimum Gasteiger partial charge on any atom is -0.444 e. The zero-order chi connectivity index (χ0) is 21.7. The number of guanidine groups is 1. The van der Waals surface area contributed by atoms with Crippen LogP contribution >= 0.6 is 11.6 Å². The molecule has 1 aromatic rings. The highest BCUT2D eigenvalue weighted by Crippen LogP contribution is 2.32. The molecule has 166 valence electrons. The number of pyridine rings is 1. The topological polar surface area (TPSA) is 70.1 Å². The van der Waals surface area contributed by atoms with E-state index in [2.05, 4.69) is 20.2 Å². The number of halogens is 1. The summed E-state index contributed by atoms with van der Waals surface area (Å²) in [6, 6.07) is 3.96. The first kappa shape index (κ1) is 22.7. The third-order valence-corrected chi connectivity index (χ3v) is 5.66. The van der Waals surface area contributed by atoms with E-state index in [1.807, 2.05) is 31.7 Å². The number of amides is 1. The lowest BCUT2D eigenvalue weighted by Crippen LogP contribution is -2.52. The molecule has 3 rings (SSSR count). The fourth-order valence-electron chi connectivity index (χ4n) is 3.69. The largest absolute Gasteiger partial charge is 0.444 e. The van der Waals surface area contributed by atoms with Crippen LogP contribution in [0.15, 0.2) is 23.3 Å². The molecule has 30 heavy (non-hydrogen) atoms. The molecule has 1 amide bonds. The molecule has 0 unspecified atom stereocenters. The Kier molecular flexibility index (Phi) is 7.45. The van der Waals surface area contributed by atoms with Gasteiger partial charge in [0.25, 0.3) is 0 Å². The third-order valence-electron chi connectivity index (χ3n) is 5.44. The average molecular weight is 436 g/mol. The number of carbonyl (C=O) groups is 1. The molecule has 0 atom stereocenters. The van der Waals surface area contributed by atoms with Gasteiger partial charge in [-0.25, -0.2) is 9.78 Å². The predicted octanol–water partition coefficient (Wildman–Crippen LogP) is 3.92. The van der Waals surface area contributed by atoms with Gasteiger partial charge in [-0.3, -0.25) is 4.99 Å². The van der Waals surface area contributed by atoms with Gasteiger partial charge in [0.05, 0.1) is 0 Å². The summed E-state index contributed by atoms with van der Waals surface area (Å²) in [5.41, 5.74) is 0.582. The molecule has 2 aliphatic rings. The Labute approximate surface area is 184 Å². The van der Waals surface area contributed by atoms with Gasteiger partial charge in [0.2, 0.25) is 0 Å². The maximum absolute atomic E-state index is 12.8. The third kappa shape index (κ3) is 6.76. The summed E-state index contributed by atoms with van der Waals surface area (Å²) in [5, 5.41) is 3.89. The number of likely N-dealkylation sites (tertiary alicyclic amines) is 1. The molecule has 8 heteroatoms. The van der Waals surface area contributed by atoms with Gasteiger partial charge in [-0.15, -0.1) is 0 Å². The zero-order valence-corrected chi connectivity index (χ0v) is 19.3. The first-order valence-corrected chi connectivity index (χ1v) is 11.2. The molecule has 0 aromatic carbocycles. The van der Waals surface area contributed by atoms with E-state index in [0.29, 0.717) is 17.6 Å². The fourth-order valence-corrected chi connectivity index (χ4v) is 3.80. The second-order valence-electron chi connectivity index (χ2n) is 9.18. The maximum Gasteiger partial charge on any atom is 0.410 e. The van der Waals surface area contributed by atoms with Gasteiger partial charge in [0.1, 0.15) is 10.8 Å². The standard InChI is InChI=1S/C22H34ClN5O2/c1-22(2,3)30-21(29)28(15-16-5-6-16)18-9-11-27(12-10-18)20(24-4)26-14-17-7-8-19(23)25-13-17/h7-8,13,16,18H,5-6,9-12,14-15H2,1-4H3,(H,24,26). The summed E-state index contributed by atoms with van der Waals surface area (Å²) in [5.74, 6) is 1.51. The zero-order valence-electron chi connectivity index (χ0n) is 18.5. The van der Waals surface area contributed by atoms with Crippen molar-refractivity contribution in [2.75, 3.05) is 26.7 Å². The van der Waals surface area contributed by atoms with Gasteiger partial charge in [0, 0.05) is 45.5 Å². The smallest absolute Gasteiger partial charge is 0.410 e. The lowest BCUT2D eigenvalue weighted by Gasteiger charge is -2.40. The van der Waals surface area contributed by atoms with E-state index in [9.17, 15) is 4.79 Å². The minimum atomic E-state index is -0.470. The first-order valence-electron chi connectivity index (χ1n) is 10.8. The van der Waals surface area contributed by atoms with E-state index in [0.717, 1.165) is 44.0 Å². The summed E-state index contributed by atoms with van der Waals surface area (Å²) in [7, 11) is 1.80. The number of carbonyl (C=O) groups excluding carboxylic acids is 1. The number of nitrogens with zero attached hydrogens (tertiary/aromatic N) is 4. The number of rotatable bonds is 5. The van der Waals surface area contributed by atoms with Crippen LogP contribution in [0.2, 0.25) is 5.15 Å². The lowest BCUT2D eigenvalue weighted by atomic mass is 10.0. The minimum absolute atomic E-state index is 0.175. The van der Waals surface area contributed by atoms with E-state index in [4.69, 9.17) is 16.3 Å². The molecular weight excluding hydrogens is 402 g/mol. The number of aliphatic imine (C=N–C) groups is 1. The Hall–Kier alpha value is -2.02. The van der Waals surface area contributed by atoms with E-state index >= 15 is 0 Å². The normalized spacial score (nSPS) is 18.3. The van der Waals surface area contributed by atoms with Crippen LogP contribution in [0.3, 0.4) is 0 Å². The molecule has 2 fully saturated rings. The van der Waals surface area contributed by atoms with Crippen LogP contribution in [0.4, 0.5) is 4.79 Å². The van der Waals surface area contributed by atoms with E-state index < -0.39 is 5.60 Å². The van der Waals surface area contributed by atoms with Gasteiger partial charge >= 0.3 is 6.09 Å². The van der Waals surface area contributed by atoms with Crippen LogP contribution in [0.25, 0.3) is 0 Å². The number of piperidine rings is 1. The number of nitrogens with one attached hydrogen (secondary N) is 1. The molecule has 0 spiro atoms. The van der Waals surface area contributed by atoms with Crippen LogP contribution in [-0.2, 0) is 11.3 Å².